The lowest BCUT2D eigenvalue weighted by Crippen LogP contribution is -2.52. The average molecular weight is 341 g/mol. The molecule has 124 valence electrons. The van der Waals surface area contributed by atoms with Gasteiger partial charge >= 0.3 is 0 Å². The molecule has 0 N–H and O–H groups in total. The number of hydrogen-bond acceptors (Lipinski definition) is 4. The predicted octanol–water partition coefficient (Wildman–Crippen LogP) is 2.89. The number of nitrogens with zero attached hydrogens (tertiary/aromatic N) is 1. The van der Waals surface area contributed by atoms with Crippen LogP contribution in [0.15, 0.2) is 41.8 Å². The van der Waals surface area contributed by atoms with Gasteiger partial charge in [0.1, 0.15) is 0 Å². The maximum absolute atomic E-state index is 13.0. The molecule has 2 atom stereocenters. The van der Waals surface area contributed by atoms with Crippen LogP contribution in [0.4, 0.5) is 0 Å². The number of carbonyl (C=O) groups excluding carboxylic acids is 2. The standard InChI is InChI=1S/C19H19NO3S/c21-17(18-6-3-9-24-18)11-14-12-23-8-7-20(14)19(22)16-10-13-4-1-2-5-15(13)16/h1-6,9,14,16H,7-8,10-12H2. The average Bonchev–Trinajstić information content (AvgIpc) is 3.11. The number of rotatable bonds is 4. The number of morpholine rings is 1. The molecule has 0 radical (unpaired) electrons. The van der Waals surface area contributed by atoms with Gasteiger partial charge in [0.25, 0.3) is 0 Å². The van der Waals surface area contributed by atoms with Crippen molar-refractivity contribution in [2.75, 3.05) is 19.8 Å². The van der Waals surface area contributed by atoms with E-state index in [-0.39, 0.29) is 23.7 Å². The van der Waals surface area contributed by atoms with Gasteiger partial charge in [0.05, 0.1) is 30.1 Å². The van der Waals surface area contributed by atoms with Gasteiger partial charge in [-0.1, -0.05) is 30.3 Å². The van der Waals surface area contributed by atoms with E-state index >= 15 is 0 Å². The van der Waals surface area contributed by atoms with Crippen molar-refractivity contribution in [3.8, 4) is 0 Å². The smallest absolute Gasteiger partial charge is 0.230 e. The van der Waals surface area contributed by atoms with Crippen LogP contribution in [-0.4, -0.2) is 42.4 Å². The van der Waals surface area contributed by atoms with Crippen LogP contribution < -0.4 is 0 Å². The Morgan fingerprint density at radius 2 is 2.08 bits per heavy atom. The summed E-state index contributed by atoms with van der Waals surface area (Å²) in [6.07, 6.45) is 1.14. The molecule has 1 saturated heterocycles. The fourth-order valence-electron chi connectivity index (χ4n) is 3.55. The van der Waals surface area contributed by atoms with Crippen molar-refractivity contribution in [2.24, 2.45) is 0 Å². The van der Waals surface area contributed by atoms with Crippen molar-refractivity contribution in [1.82, 2.24) is 4.90 Å². The fraction of sp³-hybridized carbons (Fsp3) is 0.368. The third-order valence-corrected chi connectivity index (χ3v) is 5.79. The number of Topliss-reactive ketones (excluding diaryl/α,β-unsaturated/α-hetero) is 1. The van der Waals surface area contributed by atoms with Gasteiger partial charge in [-0.2, -0.15) is 0 Å². The van der Waals surface area contributed by atoms with Crippen molar-refractivity contribution in [3.63, 3.8) is 0 Å². The van der Waals surface area contributed by atoms with Crippen molar-refractivity contribution < 1.29 is 14.3 Å². The first-order valence-electron chi connectivity index (χ1n) is 8.27. The lowest BCUT2D eigenvalue weighted by molar-refractivity contribution is -0.141. The SMILES string of the molecule is O=C(CC1COCCN1C(=O)C1Cc2ccccc21)c1cccs1. The summed E-state index contributed by atoms with van der Waals surface area (Å²) in [7, 11) is 0. The van der Waals surface area contributed by atoms with Gasteiger partial charge in [0.15, 0.2) is 5.78 Å². The molecule has 1 aromatic carbocycles. The Bertz CT molecular complexity index is 756. The number of thiophene rings is 1. The molecule has 1 aromatic heterocycles. The molecule has 4 nitrogen and oxygen atoms in total. The van der Waals surface area contributed by atoms with Gasteiger partial charge in [-0.3, -0.25) is 9.59 Å². The number of ketones is 1. The fourth-order valence-corrected chi connectivity index (χ4v) is 4.22. The molecular formula is C19H19NO3S. The Hall–Kier alpha value is -1.98. The van der Waals surface area contributed by atoms with Crippen LogP contribution >= 0.6 is 11.3 Å². The van der Waals surface area contributed by atoms with E-state index in [2.05, 4.69) is 6.07 Å². The summed E-state index contributed by atoms with van der Waals surface area (Å²) < 4.78 is 5.54. The normalized spacial score (nSPS) is 22.6. The molecule has 1 aliphatic heterocycles. The second kappa shape index (κ2) is 6.49. The topological polar surface area (TPSA) is 46.6 Å². The van der Waals surface area contributed by atoms with Crippen LogP contribution in [0.5, 0.6) is 0 Å². The van der Waals surface area contributed by atoms with Crippen LogP contribution in [0, 0.1) is 0 Å². The molecule has 0 saturated carbocycles. The zero-order valence-corrected chi connectivity index (χ0v) is 14.1. The minimum Gasteiger partial charge on any atom is -0.377 e. The maximum atomic E-state index is 13.0. The van der Waals surface area contributed by atoms with E-state index in [0.29, 0.717) is 26.2 Å². The van der Waals surface area contributed by atoms with E-state index in [9.17, 15) is 9.59 Å². The number of carbonyl (C=O) groups is 2. The monoisotopic (exact) mass is 341 g/mol. The number of amides is 1. The third-order valence-electron chi connectivity index (χ3n) is 4.88. The second-order valence-corrected chi connectivity index (χ2v) is 7.27. The lowest BCUT2D eigenvalue weighted by atomic mass is 9.76. The molecule has 2 aliphatic rings. The first-order chi connectivity index (χ1) is 11.7. The number of fused-ring (bicyclic) bond motifs is 1. The van der Waals surface area contributed by atoms with Gasteiger partial charge in [0, 0.05) is 13.0 Å². The van der Waals surface area contributed by atoms with Crippen molar-refractivity contribution in [3.05, 3.63) is 57.8 Å². The van der Waals surface area contributed by atoms with E-state index in [1.807, 2.05) is 40.6 Å². The minimum absolute atomic E-state index is 0.0568. The quantitative estimate of drug-likeness (QED) is 0.804. The summed E-state index contributed by atoms with van der Waals surface area (Å²) in [5.74, 6) is 0.173. The summed E-state index contributed by atoms with van der Waals surface area (Å²) in [4.78, 5) is 28.0. The first-order valence-corrected chi connectivity index (χ1v) is 9.15. The number of hydrogen-bond donors (Lipinski definition) is 0. The lowest BCUT2D eigenvalue weighted by Gasteiger charge is -2.40. The second-order valence-electron chi connectivity index (χ2n) is 6.32. The Kier molecular flexibility index (Phi) is 4.21. The van der Waals surface area contributed by atoms with Gasteiger partial charge in [-0.25, -0.2) is 0 Å². The Labute approximate surface area is 145 Å². The molecule has 24 heavy (non-hydrogen) atoms. The molecule has 5 heteroatoms. The van der Waals surface area contributed by atoms with E-state index in [1.165, 1.54) is 16.9 Å². The van der Waals surface area contributed by atoms with E-state index < -0.39 is 0 Å². The predicted molar refractivity (Wildman–Crippen MR) is 92.5 cm³/mol. The van der Waals surface area contributed by atoms with Gasteiger partial charge in [-0.05, 0) is 29.0 Å². The molecule has 1 aliphatic carbocycles. The molecule has 1 amide bonds. The zero-order valence-electron chi connectivity index (χ0n) is 13.3. The highest BCUT2D eigenvalue weighted by atomic mass is 32.1. The van der Waals surface area contributed by atoms with Crippen molar-refractivity contribution >= 4 is 23.0 Å². The number of ether oxygens (including phenoxy) is 1. The van der Waals surface area contributed by atoms with Crippen LogP contribution in [0.1, 0.15) is 33.1 Å². The molecule has 2 heterocycles. The molecular weight excluding hydrogens is 322 g/mol. The van der Waals surface area contributed by atoms with Crippen LogP contribution in [0.25, 0.3) is 0 Å². The van der Waals surface area contributed by atoms with Gasteiger partial charge in [0.2, 0.25) is 5.91 Å². The number of benzene rings is 1. The van der Waals surface area contributed by atoms with Crippen molar-refractivity contribution in [1.29, 1.82) is 0 Å². The summed E-state index contributed by atoms with van der Waals surface area (Å²) in [6.45, 7) is 1.56. The Morgan fingerprint density at radius 1 is 1.21 bits per heavy atom. The summed E-state index contributed by atoms with van der Waals surface area (Å²) >= 11 is 1.45. The Morgan fingerprint density at radius 3 is 2.88 bits per heavy atom. The molecule has 4 rings (SSSR count). The van der Waals surface area contributed by atoms with Crippen LogP contribution in [-0.2, 0) is 16.0 Å². The summed E-state index contributed by atoms with van der Waals surface area (Å²) in [5.41, 5.74) is 2.40. The minimum atomic E-state index is -0.159. The van der Waals surface area contributed by atoms with Crippen LogP contribution in [0.3, 0.4) is 0 Å². The molecule has 0 bridgehead atoms. The van der Waals surface area contributed by atoms with Gasteiger partial charge in [-0.15, -0.1) is 11.3 Å². The molecule has 1 fully saturated rings. The summed E-state index contributed by atoms with van der Waals surface area (Å²) in [6, 6.07) is 11.7. The largest absolute Gasteiger partial charge is 0.377 e. The van der Waals surface area contributed by atoms with E-state index in [1.54, 1.807) is 0 Å². The Balaban J connectivity index is 1.48. The summed E-state index contributed by atoms with van der Waals surface area (Å²) in [5, 5.41) is 1.90. The highest BCUT2D eigenvalue weighted by Crippen LogP contribution is 2.37. The molecule has 2 aromatic rings. The van der Waals surface area contributed by atoms with Crippen molar-refractivity contribution in [2.45, 2.75) is 24.8 Å². The zero-order chi connectivity index (χ0) is 16.5. The molecule has 2 unspecified atom stereocenters. The molecule has 0 spiro atoms. The highest BCUT2D eigenvalue weighted by molar-refractivity contribution is 7.12. The maximum Gasteiger partial charge on any atom is 0.230 e. The van der Waals surface area contributed by atoms with Gasteiger partial charge < -0.3 is 9.64 Å². The first kappa shape index (κ1) is 15.5. The van der Waals surface area contributed by atoms with Crippen LogP contribution in [0.2, 0.25) is 0 Å². The van der Waals surface area contributed by atoms with E-state index in [4.69, 9.17) is 4.74 Å². The third kappa shape index (κ3) is 2.78. The van der Waals surface area contributed by atoms with E-state index in [0.717, 1.165) is 16.9 Å². The highest BCUT2D eigenvalue weighted by Gasteiger charge is 2.38.